The molecule has 9 heteroatoms. The Bertz CT molecular complexity index is 666. The van der Waals surface area contributed by atoms with Crippen LogP contribution >= 0.6 is 35.2 Å². The first-order valence-electron chi connectivity index (χ1n) is 5.05. The van der Waals surface area contributed by atoms with Crippen LogP contribution in [0, 0.1) is 3.95 Å². The number of rotatable bonds is 3. The van der Waals surface area contributed by atoms with Crippen molar-refractivity contribution in [1.82, 2.24) is 15.6 Å². The van der Waals surface area contributed by atoms with Crippen molar-refractivity contribution in [2.45, 2.75) is 0 Å². The number of amides is 2. The summed E-state index contributed by atoms with van der Waals surface area (Å²) in [5.41, 5.74) is 3.00. The number of carbonyl (C=O) groups excluding carboxylic acids is 1. The highest BCUT2D eigenvalue weighted by Gasteiger charge is 2.02. The lowest BCUT2D eigenvalue weighted by Crippen LogP contribution is -2.24. The minimum Gasteiger partial charge on any atom is -0.281 e. The van der Waals surface area contributed by atoms with E-state index in [0.717, 1.165) is 11.3 Å². The molecule has 1 heterocycles. The number of nitrogens with one attached hydrogen (secondary N) is 3. The van der Waals surface area contributed by atoms with Crippen molar-refractivity contribution in [3.8, 4) is 0 Å². The Balaban J connectivity index is 1.90. The molecular weight excluding hydrogens is 306 g/mol. The summed E-state index contributed by atoms with van der Waals surface area (Å²) in [5.74, 6) is 0. The van der Waals surface area contributed by atoms with Crippen LogP contribution in [0.1, 0.15) is 5.56 Å². The summed E-state index contributed by atoms with van der Waals surface area (Å²) >= 11 is 11.9. The Morgan fingerprint density at radius 2 is 2.32 bits per heavy atom. The van der Waals surface area contributed by atoms with Gasteiger partial charge in [-0.25, -0.2) is 10.2 Å². The third kappa shape index (κ3) is 4.12. The van der Waals surface area contributed by atoms with Crippen molar-refractivity contribution < 1.29 is 4.79 Å². The summed E-state index contributed by atoms with van der Waals surface area (Å²) in [4.78, 5) is 11.4. The molecule has 0 atom stereocenters. The molecule has 0 saturated heterocycles. The lowest BCUT2D eigenvalue weighted by atomic mass is 10.2. The summed E-state index contributed by atoms with van der Waals surface area (Å²) < 4.78 is 0.481. The monoisotopic (exact) mass is 313 g/mol. The Hall–Kier alpha value is -1.77. The average Bonchev–Trinajstić information content (AvgIpc) is 2.77. The fourth-order valence-electron chi connectivity index (χ4n) is 1.15. The number of hydrazone groups is 1. The van der Waals surface area contributed by atoms with Crippen LogP contribution < -0.4 is 10.7 Å². The molecule has 98 valence electrons. The van der Waals surface area contributed by atoms with Gasteiger partial charge in [-0.05, 0) is 18.3 Å². The van der Waals surface area contributed by atoms with E-state index in [2.05, 4.69) is 26.0 Å². The molecule has 19 heavy (non-hydrogen) atoms. The number of carbonyl (C=O) groups is 1. The largest absolute Gasteiger partial charge is 0.341 e. The maximum atomic E-state index is 11.4. The molecule has 1 aromatic carbocycles. The van der Waals surface area contributed by atoms with Crippen molar-refractivity contribution in [2.75, 3.05) is 5.32 Å². The third-order valence-electron chi connectivity index (χ3n) is 1.93. The predicted molar refractivity (Wildman–Crippen MR) is 78.5 cm³/mol. The molecule has 0 aliphatic heterocycles. The minimum atomic E-state index is -0.513. The maximum Gasteiger partial charge on any atom is 0.341 e. The van der Waals surface area contributed by atoms with Crippen LogP contribution in [0.3, 0.4) is 0 Å². The first-order valence-corrected chi connectivity index (χ1v) is 6.65. The Morgan fingerprint density at radius 3 is 3.00 bits per heavy atom. The molecule has 0 spiro atoms. The molecule has 6 nitrogen and oxygen atoms in total. The second-order valence-corrected chi connectivity index (χ2v) is 5.34. The molecule has 0 bridgehead atoms. The summed E-state index contributed by atoms with van der Waals surface area (Å²) in [7, 11) is 0. The Labute approximate surface area is 122 Å². The van der Waals surface area contributed by atoms with Gasteiger partial charge in [0.1, 0.15) is 0 Å². The highest BCUT2D eigenvalue weighted by atomic mass is 35.5. The zero-order valence-electron chi connectivity index (χ0n) is 9.38. The fourth-order valence-corrected chi connectivity index (χ4v) is 2.12. The van der Waals surface area contributed by atoms with Crippen molar-refractivity contribution in [3.05, 3.63) is 38.8 Å². The van der Waals surface area contributed by atoms with Gasteiger partial charge in [0.25, 0.3) is 0 Å². The Kier molecular flexibility index (Phi) is 4.61. The molecular formula is C10H8ClN5OS2. The molecule has 1 aromatic heterocycles. The predicted octanol–water partition coefficient (Wildman–Crippen LogP) is 3.01. The first kappa shape index (κ1) is 13.7. The van der Waals surface area contributed by atoms with E-state index in [0.29, 0.717) is 19.7 Å². The smallest absolute Gasteiger partial charge is 0.281 e. The van der Waals surface area contributed by atoms with Crippen LogP contribution in [0.5, 0.6) is 0 Å². The summed E-state index contributed by atoms with van der Waals surface area (Å²) in [5, 5.41) is 13.5. The van der Waals surface area contributed by atoms with E-state index in [9.17, 15) is 4.79 Å². The van der Waals surface area contributed by atoms with Gasteiger partial charge in [0.05, 0.1) is 6.21 Å². The van der Waals surface area contributed by atoms with E-state index in [-0.39, 0.29) is 0 Å². The lowest BCUT2D eigenvalue weighted by molar-refractivity contribution is 0.252. The molecule has 0 aliphatic rings. The van der Waals surface area contributed by atoms with E-state index in [1.807, 2.05) is 12.1 Å². The zero-order valence-corrected chi connectivity index (χ0v) is 11.8. The molecule has 0 radical (unpaired) electrons. The van der Waals surface area contributed by atoms with Gasteiger partial charge in [-0.1, -0.05) is 41.1 Å². The summed E-state index contributed by atoms with van der Waals surface area (Å²) in [6.07, 6.45) is 1.45. The van der Waals surface area contributed by atoms with Crippen LogP contribution in [0.4, 0.5) is 9.93 Å². The number of aromatic nitrogens is 2. The second kappa shape index (κ2) is 6.41. The molecule has 0 saturated carbocycles. The summed E-state index contributed by atoms with van der Waals surface area (Å²) in [6, 6.07) is 6.64. The van der Waals surface area contributed by atoms with E-state index in [1.165, 1.54) is 6.21 Å². The van der Waals surface area contributed by atoms with Crippen molar-refractivity contribution in [1.29, 1.82) is 0 Å². The van der Waals surface area contributed by atoms with Gasteiger partial charge < -0.3 is 0 Å². The molecule has 0 unspecified atom stereocenters. The third-order valence-corrected chi connectivity index (χ3v) is 3.28. The molecule has 2 rings (SSSR count). The lowest BCUT2D eigenvalue weighted by Gasteiger charge is -1.99. The standard InChI is InChI=1S/C10H8ClN5OS2/c11-7-4-2-1-3-6(7)5-12-14-8(17)13-9-15-16-10(18)19-9/h1-5H,(H,16,18)(H2,13,14,15,17)/b12-5+. The van der Waals surface area contributed by atoms with E-state index in [4.69, 9.17) is 23.8 Å². The van der Waals surface area contributed by atoms with Crippen LogP contribution in [-0.2, 0) is 0 Å². The zero-order chi connectivity index (χ0) is 13.7. The number of halogens is 1. The number of nitrogens with zero attached hydrogens (tertiary/aromatic N) is 2. The molecule has 2 amide bonds. The van der Waals surface area contributed by atoms with Crippen molar-refractivity contribution in [2.24, 2.45) is 5.10 Å². The number of H-pyrrole nitrogens is 1. The average molecular weight is 314 g/mol. The SMILES string of the molecule is O=C(N/N=C/c1ccccc1Cl)Nc1n[nH]c(=S)s1. The van der Waals surface area contributed by atoms with Gasteiger partial charge in [-0.3, -0.25) is 10.4 Å². The van der Waals surface area contributed by atoms with Gasteiger partial charge >= 0.3 is 6.03 Å². The maximum absolute atomic E-state index is 11.4. The van der Waals surface area contributed by atoms with Gasteiger partial charge in [0.15, 0.2) is 3.95 Å². The highest BCUT2D eigenvalue weighted by Crippen LogP contribution is 2.12. The van der Waals surface area contributed by atoms with Gasteiger partial charge in [0.2, 0.25) is 5.13 Å². The highest BCUT2D eigenvalue weighted by molar-refractivity contribution is 7.73. The van der Waals surface area contributed by atoms with E-state index >= 15 is 0 Å². The number of hydrogen-bond donors (Lipinski definition) is 3. The van der Waals surface area contributed by atoms with Crippen LogP contribution in [0.15, 0.2) is 29.4 Å². The normalized spacial score (nSPS) is 10.6. The quantitative estimate of drug-likeness (QED) is 0.463. The molecule has 3 N–H and O–H groups in total. The van der Waals surface area contributed by atoms with Crippen LogP contribution in [-0.4, -0.2) is 22.4 Å². The van der Waals surface area contributed by atoms with Crippen LogP contribution in [0.25, 0.3) is 0 Å². The van der Waals surface area contributed by atoms with Gasteiger partial charge in [-0.15, -0.1) is 5.10 Å². The number of aromatic amines is 1. The van der Waals surface area contributed by atoms with E-state index < -0.39 is 6.03 Å². The number of anilines is 1. The summed E-state index contributed by atoms with van der Waals surface area (Å²) in [6.45, 7) is 0. The second-order valence-electron chi connectivity index (χ2n) is 3.26. The topological polar surface area (TPSA) is 82.2 Å². The first-order chi connectivity index (χ1) is 9.15. The van der Waals surface area contributed by atoms with Crippen molar-refractivity contribution >= 4 is 52.5 Å². The molecule has 0 aliphatic carbocycles. The van der Waals surface area contributed by atoms with E-state index in [1.54, 1.807) is 12.1 Å². The van der Waals surface area contributed by atoms with Gasteiger partial charge in [-0.2, -0.15) is 5.10 Å². The fraction of sp³-hybridized carbons (Fsp3) is 0. The van der Waals surface area contributed by atoms with Crippen LogP contribution in [0.2, 0.25) is 5.02 Å². The number of benzene rings is 1. The van der Waals surface area contributed by atoms with Gasteiger partial charge in [0, 0.05) is 10.6 Å². The molecule has 2 aromatic rings. The Morgan fingerprint density at radius 1 is 1.53 bits per heavy atom. The number of urea groups is 1. The molecule has 0 fully saturated rings. The van der Waals surface area contributed by atoms with Crippen molar-refractivity contribution in [3.63, 3.8) is 0 Å². The number of hydrogen-bond acceptors (Lipinski definition) is 5. The minimum absolute atomic E-state index is 0.371.